The third-order valence-electron chi connectivity index (χ3n) is 2.25. The first-order chi connectivity index (χ1) is 8.25. The predicted molar refractivity (Wildman–Crippen MR) is 71.8 cm³/mol. The van der Waals surface area contributed by atoms with E-state index in [-0.39, 0.29) is 6.04 Å². The Kier molecular flexibility index (Phi) is 4.23. The zero-order valence-electron chi connectivity index (χ0n) is 9.80. The van der Waals surface area contributed by atoms with Gasteiger partial charge in [-0.3, -0.25) is 0 Å². The second-order valence-electron chi connectivity index (χ2n) is 4.04. The van der Waals surface area contributed by atoms with Gasteiger partial charge in [0.25, 0.3) is 0 Å². The maximum atomic E-state index is 5.69. The fourth-order valence-corrected chi connectivity index (χ4v) is 2.30. The largest absolute Gasteiger partial charge is 0.360 e. The highest BCUT2D eigenvalue weighted by Gasteiger charge is 2.06. The van der Waals surface area contributed by atoms with Crippen molar-refractivity contribution in [2.45, 2.75) is 18.7 Å². The van der Waals surface area contributed by atoms with Crippen LogP contribution in [0.3, 0.4) is 0 Å². The summed E-state index contributed by atoms with van der Waals surface area (Å²) in [7, 11) is 0. The van der Waals surface area contributed by atoms with Gasteiger partial charge in [0.05, 0.1) is 5.75 Å². The molecule has 0 spiro atoms. The Bertz CT molecular complexity index is 453. The third-order valence-corrected chi connectivity index (χ3v) is 3.50. The van der Waals surface area contributed by atoms with Gasteiger partial charge in [0.2, 0.25) is 0 Å². The summed E-state index contributed by atoms with van der Waals surface area (Å²) in [6, 6.07) is 12.2. The van der Waals surface area contributed by atoms with Gasteiger partial charge in [-0.25, -0.2) is 0 Å². The normalized spacial score (nSPS) is 12.6. The minimum atomic E-state index is 0.219. The average Bonchev–Trinajstić information content (AvgIpc) is 2.78. The van der Waals surface area contributed by atoms with E-state index in [2.05, 4.69) is 5.16 Å². The number of nitrogens with two attached hydrogens (primary N) is 1. The zero-order chi connectivity index (χ0) is 12.1. The lowest BCUT2D eigenvalue weighted by Crippen LogP contribution is -2.17. The smallest absolute Gasteiger partial charge is 0.147 e. The van der Waals surface area contributed by atoms with E-state index in [4.69, 9.17) is 10.3 Å². The molecular formula is C13H16N2OS. The van der Waals surface area contributed by atoms with E-state index in [1.54, 1.807) is 11.8 Å². The first-order valence-corrected chi connectivity index (χ1v) is 6.75. The summed E-state index contributed by atoms with van der Waals surface area (Å²) in [4.78, 5) is 0. The van der Waals surface area contributed by atoms with Gasteiger partial charge in [-0.2, -0.15) is 11.8 Å². The maximum absolute atomic E-state index is 5.69. The molecule has 1 aromatic carbocycles. The summed E-state index contributed by atoms with van der Waals surface area (Å²) in [6.45, 7) is 2.00. The Labute approximate surface area is 105 Å². The minimum absolute atomic E-state index is 0.219. The molecule has 17 heavy (non-hydrogen) atoms. The van der Waals surface area contributed by atoms with Crippen molar-refractivity contribution in [2.24, 2.45) is 5.73 Å². The molecule has 0 bridgehead atoms. The van der Waals surface area contributed by atoms with Crippen molar-refractivity contribution in [3.63, 3.8) is 0 Å². The Morgan fingerprint density at radius 2 is 2.12 bits per heavy atom. The van der Waals surface area contributed by atoms with E-state index >= 15 is 0 Å². The first-order valence-electron chi connectivity index (χ1n) is 5.60. The minimum Gasteiger partial charge on any atom is -0.360 e. The molecule has 2 rings (SSSR count). The number of nitrogens with zero attached hydrogens (tertiary/aromatic N) is 1. The molecule has 0 aliphatic carbocycles. The van der Waals surface area contributed by atoms with E-state index < -0.39 is 0 Å². The topological polar surface area (TPSA) is 52.0 Å². The van der Waals surface area contributed by atoms with E-state index in [1.807, 2.05) is 43.3 Å². The van der Waals surface area contributed by atoms with Gasteiger partial charge in [0.1, 0.15) is 11.5 Å². The summed E-state index contributed by atoms with van der Waals surface area (Å²) in [5.74, 6) is 2.65. The van der Waals surface area contributed by atoms with Gasteiger partial charge in [-0.05, 0) is 6.92 Å². The monoisotopic (exact) mass is 248 g/mol. The molecule has 0 amide bonds. The third kappa shape index (κ3) is 3.61. The molecule has 0 radical (unpaired) electrons. The van der Waals surface area contributed by atoms with Crippen LogP contribution in [0.1, 0.15) is 12.7 Å². The first kappa shape index (κ1) is 12.2. The highest BCUT2D eigenvalue weighted by Crippen LogP contribution is 2.21. The van der Waals surface area contributed by atoms with Crippen molar-refractivity contribution in [3.8, 4) is 11.3 Å². The number of hydrogen-bond donors (Lipinski definition) is 1. The van der Waals surface area contributed by atoms with Crippen LogP contribution in [0.25, 0.3) is 11.3 Å². The van der Waals surface area contributed by atoms with Gasteiger partial charge in [0.15, 0.2) is 0 Å². The molecule has 0 saturated carbocycles. The fourth-order valence-electron chi connectivity index (χ4n) is 1.47. The van der Waals surface area contributed by atoms with Crippen LogP contribution in [0.15, 0.2) is 40.9 Å². The molecule has 90 valence electrons. The Morgan fingerprint density at radius 3 is 2.82 bits per heavy atom. The summed E-state index contributed by atoms with van der Waals surface area (Å²) in [5.41, 5.74) is 7.66. The number of aromatic nitrogens is 1. The van der Waals surface area contributed by atoms with Crippen molar-refractivity contribution >= 4 is 11.8 Å². The van der Waals surface area contributed by atoms with Crippen LogP contribution in [0, 0.1) is 0 Å². The molecule has 1 heterocycles. The van der Waals surface area contributed by atoms with Crippen molar-refractivity contribution in [2.75, 3.05) is 5.75 Å². The van der Waals surface area contributed by atoms with Gasteiger partial charge in [-0.15, -0.1) is 0 Å². The standard InChI is InChI=1S/C13H16N2OS/c1-10(14)8-17-9-12-7-13(15-16-12)11-5-3-2-4-6-11/h2-7,10H,8-9,14H2,1H3. The highest BCUT2D eigenvalue weighted by atomic mass is 32.2. The van der Waals surface area contributed by atoms with Crippen LogP contribution in [0.5, 0.6) is 0 Å². The molecular weight excluding hydrogens is 232 g/mol. The van der Waals surface area contributed by atoms with Crippen LogP contribution in [-0.2, 0) is 5.75 Å². The fraction of sp³-hybridized carbons (Fsp3) is 0.308. The molecule has 2 aromatic rings. The second kappa shape index (κ2) is 5.89. The quantitative estimate of drug-likeness (QED) is 0.884. The molecule has 2 N–H and O–H groups in total. The Hall–Kier alpha value is -1.26. The predicted octanol–water partition coefficient (Wildman–Crippen LogP) is 2.92. The molecule has 0 aliphatic heterocycles. The molecule has 1 aromatic heterocycles. The molecule has 1 unspecified atom stereocenters. The van der Waals surface area contributed by atoms with E-state index in [9.17, 15) is 0 Å². The lowest BCUT2D eigenvalue weighted by molar-refractivity contribution is 0.397. The molecule has 0 aliphatic rings. The maximum Gasteiger partial charge on any atom is 0.147 e. The van der Waals surface area contributed by atoms with Crippen LogP contribution in [-0.4, -0.2) is 17.0 Å². The lowest BCUT2D eigenvalue weighted by atomic mass is 10.1. The summed E-state index contributed by atoms with van der Waals surface area (Å²) >= 11 is 1.76. The molecule has 1 atom stereocenters. The summed E-state index contributed by atoms with van der Waals surface area (Å²) in [6.07, 6.45) is 0. The highest BCUT2D eigenvalue weighted by molar-refractivity contribution is 7.98. The van der Waals surface area contributed by atoms with Crippen molar-refractivity contribution in [1.29, 1.82) is 0 Å². The number of rotatable bonds is 5. The molecule has 0 saturated heterocycles. The zero-order valence-corrected chi connectivity index (χ0v) is 10.6. The van der Waals surface area contributed by atoms with Crippen LogP contribution in [0.4, 0.5) is 0 Å². The van der Waals surface area contributed by atoms with Crippen LogP contribution < -0.4 is 5.73 Å². The van der Waals surface area contributed by atoms with Gasteiger partial charge in [-0.1, -0.05) is 35.5 Å². The molecule has 4 heteroatoms. The average molecular weight is 248 g/mol. The summed E-state index contributed by atoms with van der Waals surface area (Å²) < 4.78 is 5.29. The summed E-state index contributed by atoms with van der Waals surface area (Å²) in [5, 5.41) is 4.06. The number of hydrogen-bond acceptors (Lipinski definition) is 4. The van der Waals surface area contributed by atoms with Gasteiger partial charge in [0, 0.05) is 23.4 Å². The number of thioether (sulfide) groups is 1. The SMILES string of the molecule is CC(N)CSCc1cc(-c2ccccc2)no1. The Morgan fingerprint density at radius 1 is 1.35 bits per heavy atom. The van der Waals surface area contributed by atoms with Crippen LogP contribution in [0.2, 0.25) is 0 Å². The molecule has 0 fully saturated rings. The van der Waals surface area contributed by atoms with Gasteiger partial charge >= 0.3 is 0 Å². The van der Waals surface area contributed by atoms with E-state index in [0.717, 1.165) is 28.5 Å². The lowest BCUT2D eigenvalue weighted by Gasteiger charge is -2.01. The Balaban J connectivity index is 1.97. The van der Waals surface area contributed by atoms with Gasteiger partial charge < -0.3 is 10.3 Å². The second-order valence-corrected chi connectivity index (χ2v) is 5.07. The van der Waals surface area contributed by atoms with Crippen molar-refractivity contribution < 1.29 is 4.52 Å². The molecule has 3 nitrogen and oxygen atoms in total. The number of benzene rings is 1. The van der Waals surface area contributed by atoms with Crippen molar-refractivity contribution in [3.05, 3.63) is 42.2 Å². The van der Waals surface area contributed by atoms with Crippen LogP contribution >= 0.6 is 11.8 Å². The van der Waals surface area contributed by atoms with E-state index in [1.165, 1.54) is 0 Å². The van der Waals surface area contributed by atoms with Crippen molar-refractivity contribution in [1.82, 2.24) is 5.16 Å². The van der Waals surface area contributed by atoms with E-state index in [0.29, 0.717) is 0 Å².